The molecule has 0 bridgehead atoms. The zero-order valence-electron chi connectivity index (χ0n) is 9.82. The molecule has 2 fully saturated rings. The maximum Gasteiger partial charge on any atom is 0.0133 e. The Morgan fingerprint density at radius 1 is 1.33 bits per heavy atom. The van der Waals surface area contributed by atoms with Crippen LogP contribution in [0.5, 0.6) is 0 Å². The van der Waals surface area contributed by atoms with Gasteiger partial charge in [-0.25, -0.2) is 4.31 Å². The summed E-state index contributed by atoms with van der Waals surface area (Å²) in [5.41, 5.74) is 0. The van der Waals surface area contributed by atoms with Crippen molar-refractivity contribution in [1.82, 2.24) is 9.21 Å². The van der Waals surface area contributed by atoms with Crippen LogP contribution in [-0.4, -0.2) is 47.7 Å². The van der Waals surface area contributed by atoms with E-state index in [0.29, 0.717) is 0 Å². The van der Waals surface area contributed by atoms with Crippen molar-refractivity contribution in [1.29, 1.82) is 0 Å². The van der Waals surface area contributed by atoms with E-state index in [0.717, 1.165) is 12.0 Å². The van der Waals surface area contributed by atoms with Crippen molar-refractivity contribution in [2.24, 2.45) is 5.92 Å². The second-order valence-corrected chi connectivity index (χ2v) is 7.78. The van der Waals surface area contributed by atoms with Gasteiger partial charge in [-0.2, -0.15) is 0 Å². The molecule has 2 aliphatic rings. The summed E-state index contributed by atoms with van der Waals surface area (Å²) in [5.74, 6) is 0.915. The maximum atomic E-state index is 5.27. The Labute approximate surface area is 101 Å². The Bertz CT molecular complexity index is 233. The van der Waals surface area contributed by atoms with Crippen LogP contribution in [0.15, 0.2) is 0 Å². The van der Waals surface area contributed by atoms with Crippen molar-refractivity contribution in [3.05, 3.63) is 0 Å². The first-order chi connectivity index (χ1) is 7.16. The van der Waals surface area contributed by atoms with Crippen LogP contribution in [0.2, 0.25) is 0 Å². The van der Waals surface area contributed by atoms with Crippen molar-refractivity contribution < 1.29 is 0 Å². The van der Waals surface area contributed by atoms with Crippen LogP contribution in [0.25, 0.3) is 0 Å². The normalized spacial score (nSPS) is 28.9. The Hall–Kier alpha value is 0.490. The van der Waals surface area contributed by atoms with Gasteiger partial charge in [-0.3, -0.25) is 0 Å². The number of hydrogen-bond donors (Lipinski definition) is 0. The second kappa shape index (κ2) is 5.21. The SMILES string of the molecule is CC(CC1CN(S(C)=S)C1)N1CCCC1. The lowest BCUT2D eigenvalue weighted by Crippen LogP contribution is -2.49. The highest BCUT2D eigenvalue weighted by Gasteiger charge is 2.30. The van der Waals surface area contributed by atoms with E-state index in [2.05, 4.69) is 22.4 Å². The Kier molecular flexibility index (Phi) is 4.16. The van der Waals surface area contributed by atoms with Gasteiger partial charge >= 0.3 is 0 Å². The van der Waals surface area contributed by atoms with Crippen LogP contribution in [0.4, 0.5) is 0 Å². The van der Waals surface area contributed by atoms with E-state index >= 15 is 0 Å². The molecule has 0 saturated carbocycles. The van der Waals surface area contributed by atoms with E-state index in [1.807, 2.05) is 0 Å². The van der Waals surface area contributed by atoms with Gasteiger partial charge in [-0.1, -0.05) is 9.64 Å². The van der Waals surface area contributed by atoms with Gasteiger partial charge in [0.2, 0.25) is 0 Å². The molecule has 2 rings (SSSR count). The maximum absolute atomic E-state index is 5.27. The second-order valence-electron chi connectivity index (χ2n) is 4.96. The average Bonchev–Trinajstić information content (AvgIpc) is 2.61. The molecule has 0 aromatic carbocycles. The molecular formula is C11H22N2S2. The Morgan fingerprint density at radius 3 is 2.47 bits per heavy atom. The van der Waals surface area contributed by atoms with Gasteiger partial charge in [0.15, 0.2) is 0 Å². The molecule has 0 radical (unpaired) electrons. The first-order valence-electron chi connectivity index (χ1n) is 5.99. The number of likely N-dealkylation sites (tertiary alicyclic amines) is 1. The minimum absolute atomic E-state index is 0.0921. The summed E-state index contributed by atoms with van der Waals surface area (Å²) >= 11 is 5.27. The summed E-state index contributed by atoms with van der Waals surface area (Å²) in [4.78, 5) is 2.65. The van der Waals surface area contributed by atoms with Crippen LogP contribution < -0.4 is 0 Å². The topological polar surface area (TPSA) is 6.48 Å². The molecule has 4 heteroatoms. The summed E-state index contributed by atoms with van der Waals surface area (Å²) in [7, 11) is 0.0921. The van der Waals surface area contributed by atoms with E-state index in [1.54, 1.807) is 0 Å². The van der Waals surface area contributed by atoms with Gasteiger partial charge in [0.25, 0.3) is 0 Å². The molecule has 0 spiro atoms. The third kappa shape index (κ3) is 2.99. The van der Waals surface area contributed by atoms with Crippen LogP contribution in [0.1, 0.15) is 26.2 Å². The third-order valence-corrected chi connectivity index (χ3v) is 5.38. The lowest BCUT2D eigenvalue weighted by molar-refractivity contribution is 0.147. The van der Waals surface area contributed by atoms with Crippen LogP contribution in [0, 0.1) is 5.92 Å². The zero-order valence-corrected chi connectivity index (χ0v) is 11.4. The summed E-state index contributed by atoms with van der Waals surface area (Å²) in [6.07, 6.45) is 6.34. The number of rotatable bonds is 4. The molecule has 2 unspecified atom stereocenters. The third-order valence-electron chi connectivity index (χ3n) is 3.73. The van der Waals surface area contributed by atoms with Crippen LogP contribution >= 0.6 is 0 Å². The van der Waals surface area contributed by atoms with Crippen molar-refractivity contribution in [3.8, 4) is 0 Å². The molecule has 0 aliphatic carbocycles. The van der Waals surface area contributed by atoms with Crippen molar-refractivity contribution in [2.45, 2.75) is 32.2 Å². The predicted molar refractivity (Wildman–Crippen MR) is 70.6 cm³/mol. The van der Waals surface area contributed by atoms with Gasteiger partial charge in [0.1, 0.15) is 0 Å². The van der Waals surface area contributed by atoms with Crippen molar-refractivity contribution in [3.63, 3.8) is 0 Å². The highest BCUT2D eigenvalue weighted by Crippen LogP contribution is 2.25. The van der Waals surface area contributed by atoms with Gasteiger partial charge in [0.05, 0.1) is 0 Å². The monoisotopic (exact) mass is 246 g/mol. The first kappa shape index (κ1) is 12.0. The smallest absolute Gasteiger partial charge is 0.0133 e. The molecule has 0 aromatic heterocycles. The molecule has 2 saturated heterocycles. The number of nitrogens with zero attached hydrogens (tertiary/aromatic N) is 2. The van der Waals surface area contributed by atoms with Gasteiger partial charge in [-0.15, -0.1) is 0 Å². The molecule has 2 aliphatic heterocycles. The fourth-order valence-corrected chi connectivity index (χ4v) is 3.90. The molecule has 0 aromatic rings. The van der Waals surface area contributed by atoms with E-state index in [4.69, 9.17) is 11.2 Å². The molecule has 2 nitrogen and oxygen atoms in total. The van der Waals surface area contributed by atoms with Crippen LogP contribution in [-0.2, 0) is 20.8 Å². The first-order valence-corrected chi connectivity index (χ1v) is 8.51. The minimum atomic E-state index is 0.0921. The van der Waals surface area contributed by atoms with Crippen LogP contribution in [0.3, 0.4) is 0 Å². The fourth-order valence-electron chi connectivity index (χ4n) is 2.70. The van der Waals surface area contributed by atoms with Gasteiger partial charge in [0, 0.05) is 25.4 Å². The largest absolute Gasteiger partial charge is 0.301 e. The summed E-state index contributed by atoms with van der Waals surface area (Å²) in [5, 5.41) is 0. The molecule has 2 heterocycles. The fraction of sp³-hybridized carbons (Fsp3) is 1.00. The molecular weight excluding hydrogens is 224 g/mol. The van der Waals surface area contributed by atoms with Gasteiger partial charge in [-0.05, 0) is 56.4 Å². The summed E-state index contributed by atoms with van der Waals surface area (Å²) in [6, 6.07) is 0.795. The van der Waals surface area contributed by atoms with E-state index < -0.39 is 0 Å². The highest BCUT2D eigenvalue weighted by atomic mass is 32.8. The van der Waals surface area contributed by atoms with Crippen molar-refractivity contribution >= 4 is 20.8 Å². The van der Waals surface area contributed by atoms with E-state index in [-0.39, 0.29) is 9.64 Å². The molecule has 0 amide bonds. The minimum Gasteiger partial charge on any atom is -0.301 e. The Balaban J connectivity index is 1.68. The van der Waals surface area contributed by atoms with Gasteiger partial charge < -0.3 is 4.90 Å². The Morgan fingerprint density at radius 2 is 1.93 bits per heavy atom. The molecule has 2 atom stereocenters. The molecule has 0 N–H and O–H groups in total. The lowest BCUT2D eigenvalue weighted by atomic mass is 9.94. The zero-order chi connectivity index (χ0) is 10.8. The average molecular weight is 246 g/mol. The predicted octanol–water partition coefficient (Wildman–Crippen LogP) is 1.42. The number of hydrogen-bond acceptors (Lipinski definition) is 2. The summed E-state index contributed by atoms with van der Waals surface area (Å²) < 4.78 is 2.43. The quantitative estimate of drug-likeness (QED) is 0.741. The standard InChI is InChI=1S/C11H22N2S2/c1-10(12-5-3-4-6-12)7-11-8-13(9-11)15(2)14/h10-11H,3-9H2,1-2H3. The highest BCUT2D eigenvalue weighted by molar-refractivity contribution is 8.27. The lowest BCUT2D eigenvalue weighted by Gasteiger charge is -2.41. The van der Waals surface area contributed by atoms with E-state index in [1.165, 1.54) is 45.4 Å². The molecule has 88 valence electrons. The summed E-state index contributed by atoms with van der Waals surface area (Å²) in [6.45, 7) is 7.56. The molecule has 15 heavy (non-hydrogen) atoms. The van der Waals surface area contributed by atoms with E-state index in [9.17, 15) is 0 Å². The van der Waals surface area contributed by atoms with Crippen molar-refractivity contribution in [2.75, 3.05) is 32.4 Å².